The molecule has 0 aromatic rings. The Bertz CT molecular complexity index is 295. The highest BCUT2D eigenvalue weighted by molar-refractivity contribution is 14.1. The summed E-state index contributed by atoms with van der Waals surface area (Å²) < 4.78 is 1.22. The van der Waals surface area contributed by atoms with E-state index in [0.717, 1.165) is 23.7 Å². The molecule has 3 fully saturated rings. The van der Waals surface area contributed by atoms with Gasteiger partial charge in [-0.05, 0) is 62.2 Å². The third-order valence-corrected chi connectivity index (χ3v) is 7.26. The number of alkyl halides is 2. The highest BCUT2D eigenvalue weighted by Crippen LogP contribution is 2.61. The van der Waals surface area contributed by atoms with Crippen LogP contribution in [0.1, 0.15) is 52.4 Å². The van der Waals surface area contributed by atoms with Crippen LogP contribution in [0, 0.1) is 23.7 Å². The first-order valence-electron chi connectivity index (χ1n) is 6.74. The zero-order chi connectivity index (χ0) is 11.6. The van der Waals surface area contributed by atoms with E-state index in [0.29, 0.717) is 6.84 Å². The van der Waals surface area contributed by atoms with Crippen LogP contribution in [0.25, 0.3) is 0 Å². The van der Waals surface area contributed by atoms with Crippen molar-refractivity contribution in [2.45, 2.75) is 59.2 Å². The van der Waals surface area contributed by atoms with E-state index in [9.17, 15) is 0 Å². The summed E-state index contributed by atoms with van der Waals surface area (Å²) >= 11 is 5.47. The number of rotatable bonds is 0. The molecule has 0 radical (unpaired) electrons. The fourth-order valence-corrected chi connectivity index (χ4v) is 6.86. The lowest BCUT2D eigenvalue weighted by Crippen LogP contribution is -2.32. The van der Waals surface area contributed by atoms with E-state index in [2.05, 4.69) is 59.0 Å². The van der Waals surface area contributed by atoms with Crippen molar-refractivity contribution < 1.29 is 0 Å². The van der Waals surface area contributed by atoms with Crippen molar-refractivity contribution in [3.63, 3.8) is 0 Å². The lowest BCUT2D eigenvalue weighted by molar-refractivity contribution is 0.193. The Labute approximate surface area is 127 Å². The smallest absolute Gasteiger partial charge is 0.0199 e. The molecule has 0 aromatic carbocycles. The Kier molecular flexibility index (Phi) is 3.10. The first kappa shape index (κ1) is 12.5. The summed E-state index contributed by atoms with van der Waals surface area (Å²) in [6, 6.07) is 0. The van der Waals surface area contributed by atoms with E-state index in [1.807, 2.05) is 0 Å². The van der Waals surface area contributed by atoms with Gasteiger partial charge in [-0.3, -0.25) is 0 Å². The molecule has 0 saturated heterocycles. The van der Waals surface area contributed by atoms with Gasteiger partial charge >= 0.3 is 0 Å². The molecule has 0 nitrogen and oxygen atoms in total. The van der Waals surface area contributed by atoms with Gasteiger partial charge in [0.05, 0.1) is 0 Å². The molecule has 2 heteroatoms. The van der Waals surface area contributed by atoms with Crippen LogP contribution < -0.4 is 0 Å². The maximum Gasteiger partial charge on any atom is 0.0199 e. The molecular formula is C14H22I2. The number of fused-ring (bicyclic) bond motifs is 5. The van der Waals surface area contributed by atoms with Gasteiger partial charge in [0.1, 0.15) is 0 Å². The average molecular weight is 444 g/mol. The minimum atomic E-state index is 0.609. The molecule has 16 heavy (non-hydrogen) atoms. The summed E-state index contributed by atoms with van der Waals surface area (Å²) in [6.07, 6.45) is 9.07. The minimum Gasteiger partial charge on any atom is -0.0792 e. The van der Waals surface area contributed by atoms with E-state index in [4.69, 9.17) is 0 Å². The molecule has 92 valence electrons. The van der Waals surface area contributed by atoms with Crippen LogP contribution in [0.15, 0.2) is 0 Å². The van der Waals surface area contributed by atoms with Crippen molar-refractivity contribution >= 4 is 45.2 Å². The van der Waals surface area contributed by atoms with Crippen LogP contribution in [0.3, 0.4) is 0 Å². The van der Waals surface area contributed by atoms with Crippen LogP contribution in [0.4, 0.5) is 0 Å². The molecular weight excluding hydrogens is 422 g/mol. The summed E-state index contributed by atoms with van der Waals surface area (Å²) in [7, 11) is 0. The molecule has 0 amide bonds. The van der Waals surface area contributed by atoms with E-state index >= 15 is 0 Å². The second-order valence-electron chi connectivity index (χ2n) is 7.06. The molecule has 6 atom stereocenters. The van der Waals surface area contributed by atoms with Crippen molar-refractivity contribution in [2.24, 2.45) is 23.7 Å². The summed E-state index contributed by atoms with van der Waals surface area (Å²) in [5.41, 5.74) is 0. The van der Waals surface area contributed by atoms with Gasteiger partial charge in [0.2, 0.25) is 0 Å². The fourth-order valence-electron chi connectivity index (χ4n) is 4.91. The second kappa shape index (κ2) is 3.97. The Hall–Kier alpha value is 1.46. The first-order valence-corrected chi connectivity index (χ1v) is 8.90. The highest BCUT2D eigenvalue weighted by Gasteiger charge is 2.53. The van der Waals surface area contributed by atoms with Crippen molar-refractivity contribution in [3.8, 4) is 0 Å². The predicted molar refractivity (Wildman–Crippen MR) is 86.5 cm³/mol. The molecule has 0 aromatic heterocycles. The van der Waals surface area contributed by atoms with Crippen molar-refractivity contribution in [1.82, 2.24) is 0 Å². The lowest BCUT2D eigenvalue weighted by Gasteiger charge is -2.38. The van der Waals surface area contributed by atoms with E-state index < -0.39 is 0 Å². The Morgan fingerprint density at radius 3 is 2.19 bits per heavy atom. The van der Waals surface area contributed by atoms with Crippen LogP contribution in [-0.2, 0) is 0 Å². The Morgan fingerprint density at radius 2 is 1.50 bits per heavy atom. The zero-order valence-corrected chi connectivity index (χ0v) is 14.6. The van der Waals surface area contributed by atoms with Gasteiger partial charge < -0.3 is 0 Å². The van der Waals surface area contributed by atoms with Crippen molar-refractivity contribution in [3.05, 3.63) is 0 Å². The number of hydrogen-bond donors (Lipinski definition) is 0. The van der Waals surface area contributed by atoms with Crippen LogP contribution in [0.2, 0.25) is 0 Å². The zero-order valence-electron chi connectivity index (χ0n) is 10.3. The summed E-state index contributed by atoms with van der Waals surface area (Å²) in [4.78, 5) is 0. The van der Waals surface area contributed by atoms with Gasteiger partial charge in [0.15, 0.2) is 0 Å². The van der Waals surface area contributed by atoms with Crippen LogP contribution in [0.5, 0.6) is 0 Å². The highest BCUT2D eigenvalue weighted by atomic mass is 127. The van der Waals surface area contributed by atoms with E-state index in [-0.39, 0.29) is 0 Å². The lowest BCUT2D eigenvalue weighted by atomic mass is 9.72. The van der Waals surface area contributed by atoms with Crippen LogP contribution >= 0.6 is 45.2 Å². The maximum atomic E-state index is 2.74. The minimum absolute atomic E-state index is 0.609. The van der Waals surface area contributed by atoms with Gasteiger partial charge in [-0.1, -0.05) is 59.0 Å². The number of hydrogen-bond acceptors (Lipinski definition) is 0. The molecule has 0 spiro atoms. The first-order chi connectivity index (χ1) is 7.36. The molecule has 3 saturated carbocycles. The quantitative estimate of drug-likeness (QED) is 0.355. The van der Waals surface area contributed by atoms with E-state index in [1.54, 1.807) is 6.42 Å². The molecule has 2 bridgehead atoms. The standard InChI is InChI=1S/C14H22I2/c1-13(15)4-3-11-9-5-10(12(11)8-13)7-14(2,16)6-9/h9-12H,3-8H2,1-2H3. The van der Waals surface area contributed by atoms with Gasteiger partial charge in [0.25, 0.3) is 0 Å². The van der Waals surface area contributed by atoms with Crippen molar-refractivity contribution in [1.29, 1.82) is 0 Å². The SMILES string of the molecule is CC1(I)CC2CC(C1)C1CC(C)(I)CCC21. The van der Waals surface area contributed by atoms with Gasteiger partial charge in [0, 0.05) is 6.84 Å². The third kappa shape index (κ3) is 2.19. The number of halogens is 2. The summed E-state index contributed by atoms with van der Waals surface area (Å²) in [6.45, 7) is 4.97. The van der Waals surface area contributed by atoms with E-state index in [1.165, 1.54) is 32.1 Å². The topological polar surface area (TPSA) is 0 Å². The second-order valence-corrected chi connectivity index (χ2v) is 12.3. The molecule has 3 aliphatic rings. The summed E-state index contributed by atoms with van der Waals surface area (Å²) in [5.74, 6) is 4.33. The molecule has 6 unspecified atom stereocenters. The predicted octanol–water partition coefficient (Wildman–Crippen LogP) is 5.22. The van der Waals surface area contributed by atoms with Crippen molar-refractivity contribution in [2.75, 3.05) is 0 Å². The Balaban J connectivity index is 1.83. The van der Waals surface area contributed by atoms with Gasteiger partial charge in [-0.15, -0.1) is 0 Å². The molecule has 3 aliphatic carbocycles. The molecule has 3 rings (SSSR count). The largest absolute Gasteiger partial charge is 0.0792 e. The third-order valence-electron chi connectivity index (χ3n) is 5.40. The summed E-state index contributed by atoms with van der Waals surface area (Å²) in [5, 5.41) is 0. The maximum absolute atomic E-state index is 2.74. The Morgan fingerprint density at radius 1 is 0.875 bits per heavy atom. The molecule has 0 aliphatic heterocycles. The normalized spacial score (nSPS) is 60.8. The molecule has 0 heterocycles. The van der Waals surface area contributed by atoms with Gasteiger partial charge in [-0.2, -0.15) is 0 Å². The monoisotopic (exact) mass is 444 g/mol. The average Bonchev–Trinajstić information content (AvgIpc) is 2.36. The molecule has 0 N–H and O–H groups in total. The van der Waals surface area contributed by atoms with Gasteiger partial charge in [-0.25, -0.2) is 0 Å². The van der Waals surface area contributed by atoms with Crippen LogP contribution in [-0.4, -0.2) is 6.84 Å². The fraction of sp³-hybridized carbons (Fsp3) is 1.00.